The molecule has 0 aliphatic carbocycles. The van der Waals surface area contributed by atoms with E-state index in [1.807, 2.05) is 32.0 Å². The van der Waals surface area contributed by atoms with Crippen molar-refractivity contribution in [2.75, 3.05) is 11.9 Å². The molecule has 6 heteroatoms. The number of sulfonamides is 1. The molecule has 0 aromatic heterocycles. The number of carbonyl (C=O) groups is 1. The van der Waals surface area contributed by atoms with Crippen LogP contribution >= 0.6 is 0 Å². The highest BCUT2D eigenvalue weighted by molar-refractivity contribution is 7.89. The number of anilines is 1. The summed E-state index contributed by atoms with van der Waals surface area (Å²) in [5.74, 6) is -0.262. The molecule has 0 spiro atoms. The van der Waals surface area contributed by atoms with Crippen LogP contribution in [0.25, 0.3) is 0 Å². The van der Waals surface area contributed by atoms with Crippen LogP contribution in [0.5, 0.6) is 0 Å². The van der Waals surface area contributed by atoms with Crippen molar-refractivity contribution in [3.63, 3.8) is 0 Å². The van der Waals surface area contributed by atoms with Crippen LogP contribution in [0.2, 0.25) is 0 Å². The predicted molar refractivity (Wildman–Crippen MR) is 105 cm³/mol. The van der Waals surface area contributed by atoms with Gasteiger partial charge < -0.3 is 5.32 Å². The SMILES string of the molecule is CCCCCNS(=O)(=O)c1ccc(C(=O)Nc2c(C)cccc2C)cc1. The van der Waals surface area contributed by atoms with Crippen molar-refractivity contribution >= 4 is 21.6 Å². The maximum Gasteiger partial charge on any atom is 0.255 e. The summed E-state index contributed by atoms with van der Waals surface area (Å²) in [4.78, 5) is 12.6. The first-order valence-electron chi connectivity index (χ1n) is 8.82. The number of aryl methyl sites for hydroxylation is 2. The molecule has 0 aliphatic rings. The van der Waals surface area contributed by atoms with Crippen LogP contribution in [0.3, 0.4) is 0 Å². The van der Waals surface area contributed by atoms with Gasteiger partial charge >= 0.3 is 0 Å². The van der Waals surface area contributed by atoms with E-state index in [0.717, 1.165) is 36.1 Å². The van der Waals surface area contributed by atoms with Gasteiger partial charge in [-0.2, -0.15) is 0 Å². The normalized spacial score (nSPS) is 11.3. The maximum atomic E-state index is 12.4. The van der Waals surface area contributed by atoms with Gasteiger partial charge in [-0.1, -0.05) is 38.0 Å². The van der Waals surface area contributed by atoms with E-state index < -0.39 is 10.0 Å². The molecule has 26 heavy (non-hydrogen) atoms. The third-order valence-electron chi connectivity index (χ3n) is 4.22. The van der Waals surface area contributed by atoms with Crippen molar-refractivity contribution in [1.82, 2.24) is 4.72 Å². The lowest BCUT2D eigenvalue weighted by Crippen LogP contribution is -2.25. The second-order valence-corrected chi connectivity index (χ2v) is 8.12. The van der Waals surface area contributed by atoms with E-state index in [4.69, 9.17) is 0 Å². The summed E-state index contributed by atoms with van der Waals surface area (Å²) in [6, 6.07) is 11.8. The number of para-hydroxylation sites is 1. The molecule has 1 amide bonds. The summed E-state index contributed by atoms with van der Waals surface area (Å²) >= 11 is 0. The van der Waals surface area contributed by atoms with Crippen molar-refractivity contribution in [2.24, 2.45) is 0 Å². The number of benzene rings is 2. The second-order valence-electron chi connectivity index (χ2n) is 6.35. The fourth-order valence-electron chi connectivity index (χ4n) is 2.65. The number of hydrogen-bond acceptors (Lipinski definition) is 3. The molecule has 5 nitrogen and oxygen atoms in total. The summed E-state index contributed by atoms with van der Waals surface area (Å²) < 4.78 is 27.1. The molecule has 0 saturated carbocycles. The van der Waals surface area contributed by atoms with E-state index >= 15 is 0 Å². The number of hydrogen-bond donors (Lipinski definition) is 2. The van der Waals surface area contributed by atoms with Crippen molar-refractivity contribution < 1.29 is 13.2 Å². The van der Waals surface area contributed by atoms with E-state index in [-0.39, 0.29) is 10.8 Å². The molecule has 0 heterocycles. The third kappa shape index (κ3) is 5.16. The highest BCUT2D eigenvalue weighted by Gasteiger charge is 2.15. The Morgan fingerprint density at radius 2 is 1.58 bits per heavy atom. The molecule has 0 aliphatic heterocycles. The van der Waals surface area contributed by atoms with Crippen LogP contribution < -0.4 is 10.0 Å². The van der Waals surface area contributed by atoms with Crippen molar-refractivity contribution in [1.29, 1.82) is 0 Å². The van der Waals surface area contributed by atoms with Gasteiger partial charge in [0, 0.05) is 17.8 Å². The van der Waals surface area contributed by atoms with E-state index in [1.165, 1.54) is 24.3 Å². The van der Waals surface area contributed by atoms with Crippen molar-refractivity contribution in [2.45, 2.75) is 44.9 Å². The summed E-state index contributed by atoms with van der Waals surface area (Å²) in [5.41, 5.74) is 3.16. The molecule has 140 valence electrons. The van der Waals surface area contributed by atoms with Crippen LogP contribution in [0.1, 0.15) is 47.7 Å². The maximum absolute atomic E-state index is 12.4. The number of nitrogens with one attached hydrogen (secondary N) is 2. The molecule has 0 radical (unpaired) electrons. The molecule has 0 fully saturated rings. The van der Waals surface area contributed by atoms with Crippen LogP contribution in [-0.4, -0.2) is 20.9 Å². The zero-order chi connectivity index (χ0) is 19.2. The van der Waals surface area contributed by atoms with Crippen LogP contribution in [0.4, 0.5) is 5.69 Å². The van der Waals surface area contributed by atoms with Gasteiger partial charge in [-0.25, -0.2) is 13.1 Å². The molecule has 0 saturated heterocycles. The van der Waals surface area contributed by atoms with Gasteiger partial charge in [-0.3, -0.25) is 4.79 Å². The zero-order valence-electron chi connectivity index (χ0n) is 15.5. The Kier molecular flexibility index (Phi) is 6.94. The lowest BCUT2D eigenvalue weighted by molar-refractivity contribution is 0.102. The fraction of sp³-hybridized carbons (Fsp3) is 0.350. The molecule has 0 bridgehead atoms. The number of carbonyl (C=O) groups excluding carboxylic acids is 1. The van der Waals surface area contributed by atoms with Gasteiger partial charge in [0.15, 0.2) is 0 Å². The molecular weight excluding hydrogens is 348 g/mol. The first-order valence-corrected chi connectivity index (χ1v) is 10.3. The monoisotopic (exact) mass is 374 g/mol. The number of rotatable bonds is 8. The Balaban J connectivity index is 2.08. The standard InChI is InChI=1S/C20H26N2O3S/c1-4-5-6-14-21-26(24,25)18-12-10-17(11-13-18)20(23)22-19-15(2)8-7-9-16(19)3/h7-13,21H,4-6,14H2,1-3H3,(H,22,23). The van der Waals surface area contributed by atoms with E-state index in [2.05, 4.69) is 17.0 Å². The summed E-state index contributed by atoms with van der Waals surface area (Å²) in [6.45, 7) is 6.35. The Hall–Kier alpha value is -2.18. The lowest BCUT2D eigenvalue weighted by Gasteiger charge is -2.12. The summed E-state index contributed by atoms with van der Waals surface area (Å²) in [5, 5.41) is 2.90. The smallest absolute Gasteiger partial charge is 0.255 e. The van der Waals surface area contributed by atoms with Gasteiger partial charge in [-0.15, -0.1) is 0 Å². The average molecular weight is 375 g/mol. The van der Waals surface area contributed by atoms with Crippen LogP contribution in [0, 0.1) is 13.8 Å². The van der Waals surface area contributed by atoms with Gasteiger partial charge in [-0.05, 0) is 55.7 Å². The van der Waals surface area contributed by atoms with E-state index in [0.29, 0.717) is 12.1 Å². The third-order valence-corrected chi connectivity index (χ3v) is 5.70. The van der Waals surface area contributed by atoms with Gasteiger partial charge in [0.05, 0.1) is 4.90 Å². The molecule has 2 rings (SSSR count). The Morgan fingerprint density at radius 1 is 0.962 bits per heavy atom. The first-order chi connectivity index (χ1) is 12.3. The molecule has 2 N–H and O–H groups in total. The van der Waals surface area contributed by atoms with Crippen LogP contribution in [-0.2, 0) is 10.0 Å². The quantitative estimate of drug-likeness (QED) is 0.685. The largest absolute Gasteiger partial charge is 0.322 e. The number of unbranched alkanes of at least 4 members (excludes halogenated alkanes) is 2. The van der Waals surface area contributed by atoms with Gasteiger partial charge in [0.25, 0.3) is 5.91 Å². The summed E-state index contributed by atoms with van der Waals surface area (Å²) in [6.07, 6.45) is 2.83. The molecule has 2 aromatic rings. The van der Waals surface area contributed by atoms with Gasteiger partial charge in [0.1, 0.15) is 0 Å². The van der Waals surface area contributed by atoms with Crippen molar-refractivity contribution in [3.8, 4) is 0 Å². The lowest BCUT2D eigenvalue weighted by atomic mass is 10.1. The summed E-state index contributed by atoms with van der Waals surface area (Å²) in [7, 11) is -3.54. The van der Waals surface area contributed by atoms with Crippen molar-refractivity contribution in [3.05, 3.63) is 59.2 Å². The minimum absolute atomic E-state index is 0.164. The topological polar surface area (TPSA) is 75.3 Å². The van der Waals surface area contributed by atoms with E-state index in [9.17, 15) is 13.2 Å². The molecule has 0 atom stereocenters. The fourth-order valence-corrected chi connectivity index (χ4v) is 3.72. The number of amides is 1. The Bertz CT molecular complexity index is 839. The predicted octanol–water partition coefficient (Wildman–Crippen LogP) is 4.02. The Morgan fingerprint density at radius 3 is 2.15 bits per heavy atom. The second kappa shape index (κ2) is 8.96. The van der Waals surface area contributed by atoms with Gasteiger partial charge in [0.2, 0.25) is 10.0 Å². The zero-order valence-corrected chi connectivity index (χ0v) is 16.3. The average Bonchev–Trinajstić information content (AvgIpc) is 2.62. The van der Waals surface area contributed by atoms with Crippen LogP contribution in [0.15, 0.2) is 47.4 Å². The molecule has 2 aromatic carbocycles. The highest BCUT2D eigenvalue weighted by Crippen LogP contribution is 2.20. The minimum Gasteiger partial charge on any atom is -0.322 e. The van der Waals surface area contributed by atoms with E-state index in [1.54, 1.807) is 0 Å². The first kappa shape index (κ1) is 20.1. The molecular formula is C20H26N2O3S. The Labute approximate surface area is 155 Å². The highest BCUT2D eigenvalue weighted by atomic mass is 32.2. The molecule has 0 unspecified atom stereocenters. The minimum atomic E-state index is -3.54.